The Kier molecular flexibility index (Phi) is 2.58. The highest BCUT2D eigenvalue weighted by atomic mass is 33.5. The number of rotatable bonds is 2. The highest BCUT2D eigenvalue weighted by Gasteiger charge is 2.15. The minimum absolute atomic E-state index is 3.91. The van der Waals surface area contributed by atoms with Crippen molar-refractivity contribution in [2.45, 2.75) is 0 Å². The summed E-state index contributed by atoms with van der Waals surface area (Å²) in [5, 5.41) is 0. The molecule has 0 rings (SSSR count). The van der Waals surface area contributed by atoms with Gasteiger partial charge in [-0.05, 0) is 0 Å². The van der Waals surface area contributed by atoms with E-state index in [9.17, 15) is 25.3 Å². The lowest BCUT2D eigenvalue weighted by Gasteiger charge is -1.75. The molecule has 0 aromatic rings. The van der Waals surface area contributed by atoms with Gasteiger partial charge in [0.15, 0.2) is 0 Å². The molecular formula is H2O6S3. The molecule has 0 saturated carbocycles. The molecule has 0 aliphatic rings. The standard InChI is InChI=1S/H2O6S3/c1-7(2)9(5,6)8(3)4/h7-8H. The largest absolute Gasteiger partial charge is 0.352 e. The lowest BCUT2D eigenvalue weighted by molar-refractivity contribution is 0.591. The highest BCUT2D eigenvalue weighted by Crippen LogP contribution is 1.87. The van der Waals surface area contributed by atoms with E-state index in [0.717, 1.165) is 0 Å². The zero-order chi connectivity index (χ0) is 7.65. The van der Waals surface area contributed by atoms with Crippen molar-refractivity contribution in [3.8, 4) is 0 Å². The Morgan fingerprint density at radius 3 is 1.00 bits per heavy atom. The van der Waals surface area contributed by atoms with Crippen molar-refractivity contribution in [2.24, 2.45) is 0 Å². The van der Waals surface area contributed by atoms with Crippen LogP contribution in [0.2, 0.25) is 0 Å². The fourth-order valence-corrected chi connectivity index (χ4v) is 1.47. The molecule has 9 heavy (non-hydrogen) atoms. The predicted molar refractivity (Wildman–Crippen MR) is 29.5 cm³/mol. The molecule has 9 heteroatoms. The molecule has 0 aromatic heterocycles. The van der Waals surface area contributed by atoms with E-state index < -0.39 is 27.4 Å². The van der Waals surface area contributed by atoms with Gasteiger partial charge in [-0.25, -0.2) is 16.8 Å². The maximum absolute atomic E-state index is 9.84. The summed E-state index contributed by atoms with van der Waals surface area (Å²) in [7, 11) is -12.7. The topological polar surface area (TPSA) is 102 Å². The van der Waals surface area contributed by atoms with Gasteiger partial charge >= 0.3 is 7.90 Å². The van der Waals surface area contributed by atoms with E-state index in [4.69, 9.17) is 0 Å². The van der Waals surface area contributed by atoms with Crippen LogP contribution in [0.3, 0.4) is 0 Å². The molecule has 0 N–H and O–H groups in total. The fourth-order valence-electron chi connectivity index (χ4n) is 0.0544. The van der Waals surface area contributed by atoms with Crippen LogP contribution in [0.4, 0.5) is 0 Å². The van der Waals surface area contributed by atoms with Gasteiger partial charge in [0, 0.05) is 0 Å². The van der Waals surface area contributed by atoms with Crippen LogP contribution in [0.1, 0.15) is 0 Å². The molecule has 0 spiro atoms. The second-order valence-electron chi connectivity index (χ2n) is 0.895. The van der Waals surface area contributed by atoms with Crippen molar-refractivity contribution < 1.29 is 25.3 Å². The lowest BCUT2D eigenvalue weighted by atomic mass is 15.9. The van der Waals surface area contributed by atoms with Gasteiger partial charge in [0.2, 0.25) is 0 Å². The Bertz CT molecular complexity index is 277. The molecule has 0 radical (unpaired) electrons. The zero-order valence-corrected chi connectivity index (χ0v) is 6.36. The van der Waals surface area contributed by atoms with E-state index in [0.29, 0.717) is 0 Å². The van der Waals surface area contributed by atoms with E-state index in [-0.39, 0.29) is 0 Å². The summed E-state index contributed by atoms with van der Waals surface area (Å²) < 4.78 is 57.8. The summed E-state index contributed by atoms with van der Waals surface area (Å²) in [6, 6.07) is 0. The summed E-state index contributed by atoms with van der Waals surface area (Å²) in [5.74, 6) is 0. The van der Waals surface area contributed by atoms with E-state index >= 15 is 0 Å². The summed E-state index contributed by atoms with van der Waals surface area (Å²) >= 11 is 0. The number of hydrogen-bond acceptors (Lipinski definition) is 6. The van der Waals surface area contributed by atoms with Crippen molar-refractivity contribution in [3.05, 3.63) is 0 Å². The molecule has 0 amide bonds. The molecule has 0 heterocycles. The molecule has 0 aromatic carbocycles. The normalized spacial score (nSPS) is 12.7. The molecule has 6 nitrogen and oxygen atoms in total. The van der Waals surface area contributed by atoms with Gasteiger partial charge in [-0.1, -0.05) is 0 Å². The van der Waals surface area contributed by atoms with Crippen LogP contribution in [0.5, 0.6) is 0 Å². The zero-order valence-electron chi connectivity index (χ0n) is 3.75. The van der Waals surface area contributed by atoms with E-state index in [1.165, 1.54) is 0 Å². The first-order valence-electron chi connectivity index (χ1n) is 1.43. The van der Waals surface area contributed by atoms with Gasteiger partial charge in [0.05, 0.1) is 0 Å². The maximum Gasteiger partial charge on any atom is 0.352 e. The Hall–Kier alpha value is -0.150. The van der Waals surface area contributed by atoms with Gasteiger partial charge in [-0.2, -0.15) is 8.42 Å². The van der Waals surface area contributed by atoms with E-state index in [1.807, 2.05) is 0 Å². The number of hydrogen-bond donors (Lipinski definition) is 2. The van der Waals surface area contributed by atoms with E-state index in [2.05, 4.69) is 0 Å². The van der Waals surface area contributed by atoms with Gasteiger partial charge in [-0.15, -0.1) is 0 Å². The van der Waals surface area contributed by atoms with Gasteiger partial charge in [0.25, 0.3) is 19.5 Å². The van der Waals surface area contributed by atoms with Crippen LogP contribution in [0.15, 0.2) is 0 Å². The Morgan fingerprint density at radius 1 is 0.778 bits per heavy atom. The van der Waals surface area contributed by atoms with Crippen molar-refractivity contribution in [2.75, 3.05) is 0 Å². The predicted octanol–water partition coefficient (Wildman–Crippen LogP) is -2.55. The molecular weight excluding hydrogens is 192 g/mol. The van der Waals surface area contributed by atoms with Crippen molar-refractivity contribution in [3.63, 3.8) is 0 Å². The summed E-state index contributed by atoms with van der Waals surface area (Å²) in [5.41, 5.74) is 0. The van der Waals surface area contributed by atoms with E-state index in [1.54, 1.807) is 0 Å². The monoisotopic (exact) mass is 194 g/mol. The van der Waals surface area contributed by atoms with Crippen molar-refractivity contribution in [1.29, 1.82) is 0 Å². The molecule has 0 unspecified atom stereocenters. The van der Waals surface area contributed by atoms with Gasteiger partial charge in [0.1, 0.15) is 0 Å². The highest BCUT2D eigenvalue weighted by molar-refractivity contribution is 8.90. The summed E-state index contributed by atoms with van der Waals surface area (Å²) in [6.07, 6.45) is 0. The third-order valence-electron chi connectivity index (χ3n) is 0.377. The van der Waals surface area contributed by atoms with Gasteiger partial charge < -0.3 is 0 Å². The van der Waals surface area contributed by atoms with Gasteiger partial charge in [-0.3, -0.25) is 0 Å². The molecule has 0 aliphatic heterocycles. The average molecular weight is 194 g/mol. The van der Waals surface area contributed by atoms with Crippen LogP contribution in [0.25, 0.3) is 0 Å². The Morgan fingerprint density at radius 2 is 1.00 bits per heavy atom. The third kappa shape index (κ3) is 1.91. The molecule has 0 bridgehead atoms. The summed E-state index contributed by atoms with van der Waals surface area (Å²) in [6.45, 7) is 0. The smallest absolute Gasteiger partial charge is 0.215 e. The first-order valence-corrected chi connectivity index (χ1v) is 6.48. The summed E-state index contributed by atoms with van der Waals surface area (Å²) in [4.78, 5) is 0. The molecule has 56 valence electrons. The molecule has 0 fully saturated rings. The van der Waals surface area contributed by atoms with Crippen molar-refractivity contribution >= 4 is 27.4 Å². The molecule has 0 saturated heterocycles. The Labute approximate surface area is 53.1 Å². The second kappa shape index (κ2) is 2.62. The first-order chi connectivity index (χ1) is 3.89. The van der Waals surface area contributed by atoms with Crippen LogP contribution in [-0.4, -0.2) is 25.3 Å². The third-order valence-corrected chi connectivity index (χ3v) is 5.79. The van der Waals surface area contributed by atoms with Crippen LogP contribution in [-0.2, 0) is 27.4 Å². The Balaban J connectivity index is 5.39. The number of thiol groups is 2. The van der Waals surface area contributed by atoms with Crippen LogP contribution >= 0.6 is 0 Å². The first kappa shape index (κ1) is 8.85. The SMILES string of the molecule is O=[SH](=O)S(=O)(=O)[SH](=O)=O. The quantitative estimate of drug-likeness (QED) is 0.371. The molecule has 0 atom stereocenters. The molecule has 0 aliphatic carbocycles. The minimum atomic E-state index is -4.91. The lowest BCUT2D eigenvalue weighted by Crippen LogP contribution is -2.01. The fraction of sp³-hybridized carbons (Fsp3) is 0. The van der Waals surface area contributed by atoms with Crippen molar-refractivity contribution in [1.82, 2.24) is 0 Å². The van der Waals surface area contributed by atoms with Crippen LogP contribution in [0, 0.1) is 0 Å². The second-order valence-corrected chi connectivity index (χ2v) is 8.22. The average Bonchev–Trinajstić information content (AvgIpc) is 1.65. The van der Waals surface area contributed by atoms with Crippen LogP contribution < -0.4 is 0 Å². The minimum Gasteiger partial charge on any atom is -0.215 e. The maximum atomic E-state index is 9.84.